The number of hydrogen-bond donors (Lipinski definition) is 1. The highest BCUT2D eigenvalue weighted by Crippen LogP contribution is 2.21. The van der Waals surface area contributed by atoms with Crippen LogP contribution in [-0.2, 0) is 27.8 Å². The van der Waals surface area contributed by atoms with Crippen molar-refractivity contribution in [1.29, 1.82) is 0 Å². The predicted molar refractivity (Wildman–Crippen MR) is 124 cm³/mol. The Balaban J connectivity index is 1.73. The van der Waals surface area contributed by atoms with Crippen LogP contribution in [0.2, 0.25) is 10.0 Å². The normalized spacial score (nSPS) is 11.5. The third-order valence-corrected chi connectivity index (χ3v) is 6.93. The molecule has 8 heteroatoms. The van der Waals surface area contributed by atoms with Crippen LogP contribution in [0.4, 0.5) is 0 Å². The van der Waals surface area contributed by atoms with Gasteiger partial charge in [0.1, 0.15) is 0 Å². The number of hydrogen-bond acceptors (Lipinski definition) is 3. The van der Waals surface area contributed by atoms with Crippen molar-refractivity contribution < 1.29 is 13.2 Å². The van der Waals surface area contributed by atoms with Crippen molar-refractivity contribution in [3.63, 3.8) is 0 Å². The van der Waals surface area contributed by atoms with Crippen LogP contribution in [0.5, 0.6) is 0 Å². The van der Waals surface area contributed by atoms with E-state index in [2.05, 4.69) is 5.32 Å². The van der Waals surface area contributed by atoms with Gasteiger partial charge in [-0.15, -0.1) is 0 Å². The maximum Gasteiger partial charge on any atom is 0.243 e. The van der Waals surface area contributed by atoms with E-state index in [9.17, 15) is 13.2 Å². The van der Waals surface area contributed by atoms with Crippen LogP contribution in [0.1, 0.15) is 11.1 Å². The summed E-state index contributed by atoms with van der Waals surface area (Å²) in [5, 5.41) is 3.78. The van der Waals surface area contributed by atoms with Gasteiger partial charge >= 0.3 is 0 Å². The predicted octanol–water partition coefficient (Wildman–Crippen LogP) is 4.54. The van der Waals surface area contributed by atoms with Crippen molar-refractivity contribution in [2.24, 2.45) is 0 Å². The molecule has 0 fully saturated rings. The topological polar surface area (TPSA) is 66.5 Å². The van der Waals surface area contributed by atoms with E-state index < -0.39 is 10.0 Å². The second-order valence-electron chi connectivity index (χ2n) is 6.94. The lowest BCUT2D eigenvalue weighted by Crippen LogP contribution is -2.40. The number of nitrogens with zero attached hydrogens (tertiary/aromatic N) is 1. The zero-order chi connectivity index (χ0) is 22.3. The summed E-state index contributed by atoms with van der Waals surface area (Å²) in [6, 6.07) is 22.5. The quantitative estimate of drug-likeness (QED) is 0.492. The van der Waals surface area contributed by atoms with Gasteiger partial charge in [0.15, 0.2) is 0 Å². The molecular formula is C23H22Cl2N2O3S. The van der Waals surface area contributed by atoms with Crippen LogP contribution in [0.25, 0.3) is 0 Å². The average Bonchev–Trinajstić information content (AvgIpc) is 2.76. The smallest absolute Gasteiger partial charge is 0.243 e. The number of benzene rings is 3. The van der Waals surface area contributed by atoms with Gasteiger partial charge in [-0.3, -0.25) is 4.79 Å². The average molecular weight is 477 g/mol. The zero-order valence-corrected chi connectivity index (χ0v) is 19.0. The fourth-order valence-corrected chi connectivity index (χ4v) is 4.62. The summed E-state index contributed by atoms with van der Waals surface area (Å²) >= 11 is 11.8. The molecule has 0 saturated carbocycles. The van der Waals surface area contributed by atoms with Crippen LogP contribution in [0.3, 0.4) is 0 Å². The maximum absolute atomic E-state index is 13.2. The second-order valence-corrected chi connectivity index (χ2v) is 9.75. The Morgan fingerprint density at radius 2 is 1.39 bits per heavy atom. The third-order valence-electron chi connectivity index (χ3n) is 4.62. The number of carbonyl (C=O) groups excluding carboxylic acids is 1. The van der Waals surface area contributed by atoms with E-state index >= 15 is 0 Å². The first kappa shape index (κ1) is 23.3. The SMILES string of the molecule is O=C(CN(Cc1ccc(Cl)cc1)S(=O)(=O)c1ccc(Cl)cc1)NCCc1ccccc1. The summed E-state index contributed by atoms with van der Waals surface area (Å²) in [5.41, 5.74) is 1.81. The molecule has 0 unspecified atom stereocenters. The van der Waals surface area contributed by atoms with Crippen molar-refractivity contribution in [3.05, 3.63) is 100 Å². The van der Waals surface area contributed by atoms with Gasteiger partial charge in [-0.05, 0) is 53.9 Å². The number of rotatable bonds is 9. The molecule has 1 N–H and O–H groups in total. The molecule has 3 rings (SSSR count). The summed E-state index contributed by atoms with van der Waals surface area (Å²) in [6.45, 7) is 0.148. The molecule has 0 radical (unpaired) electrons. The summed E-state index contributed by atoms with van der Waals surface area (Å²) in [4.78, 5) is 12.6. The lowest BCUT2D eigenvalue weighted by atomic mass is 10.1. The highest BCUT2D eigenvalue weighted by molar-refractivity contribution is 7.89. The monoisotopic (exact) mass is 476 g/mol. The summed E-state index contributed by atoms with van der Waals surface area (Å²) < 4.78 is 27.6. The molecule has 0 aromatic heterocycles. The van der Waals surface area contributed by atoms with Gasteiger partial charge in [-0.1, -0.05) is 65.7 Å². The molecule has 0 bridgehead atoms. The molecule has 1 amide bonds. The Labute approximate surface area is 192 Å². The van der Waals surface area contributed by atoms with Crippen molar-refractivity contribution in [2.75, 3.05) is 13.1 Å². The minimum atomic E-state index is -3.92. The molecule has 3 aromatic rings. The zero-order valence-electron chi connectivity index (χ0n) is 16.7. The van der Waals surface area contributed by atoms with Gasteiger partial charge in [-0.2, -0.15) is 4.31 Å². The summed E-state index contributed by atoms with van der Waals surface area (Å²) in [7, 11) is -3.92. The van der Waals surface area contributed by atoms with Crippen LogP contribution >= 0.6 is 23.2 Å². The molecule has 0 aliphatic heterocycles. The largest absolute Gasteiger partial charge is 0.355 e. The van der Waals surface area contributed by atoms with E-state index in [1.165, 1.54) is 24.3 Å². The van der Waals surface area contributed by atoms with E-state index in [1.807, 2.05) is 30.3 Å². The van der Waals surface area contributed by atoms with Gasteiger partial charge in [0.2, 0.25) is 15.9 Å². The van der Waals surface area contributed by atoms with Crippen molar-refractivity contribution in [3.8, 4) is 0 Å². The van der Waals surface area contributed by atoms with Crippen molar-refractivity contribution in [2.45, 2.75) is 17.9 Å². The molecule has 162 valence electrons. The first-order valence-electron chi connectivity index (χ1n) is 9.65. The van der Waals surface area contributed by atoms with Gasteiger partial charge < -0.3 is 5.32 Å². The van der Waals surface area contributed by atoms with Crippen LogP contribution < -0.4 is 5.32 Å². The van der Waals surface area contributed by atoms with Crippen LogP contribution in [-0.4, -0.2) is 31.7 Å². The Morgan fingerprint density at radius 1 is 0.806 bits per heavy atom. The molecule has 0 aliphatic carbocycles. The van der Waals surface area contributed by atoms with Gasteiger partial charge in [0, 0.05) is 23.1 Å². The molecule has 5 nitrogen and oxygen atoms in total. The van der Waals surface area contributed by atoms with E-state index in [0.717, 1.165) is 15.4 Å². The Kier molecular flexibility index (Phi) is 8.09. The standard InChI is InChI=1S/C23H22Cl2N2O3S/c24-20-8-6-19(7-9-20)16-27(31(29,30)22-12-10-21(25)11-13-22)17-23(28)26-15-14-18-4-2-1-3-5-18/h1-13H,14-17H2,(H,26,28). The number of halogens is 2. The summed E-state index contributed by atoms with van der Waals surface area (Å²) in [5.74, 6) is -0.373. The fourth-order valence-electron chi connectivity index (χ4n) is 2.98. The van der Waals surface area contributed by atoms with Gasteiger partial charge in [0.05, 0.1) is 11.4 Å². The minimum Gasteiger partial charge on any atom is -0.355 e. The molecule has 0 heterocycles. The molecule has 0 atom stereocenters. The minimum absolute atomic E-state index is 0.0359. The number of sulfonamides is 1. The fraction of sp³-hybridized carbons (Fsp3) is 0.174. The lowest BCUT2D eigenvalue weighted by Gasteiger charge is -2.22. The third kappa shape index (κ3) is 6.80. The Bertz CT molecular complexity index is 1100. The van der Waals surface area contributed by atoms with Crippen molar-refractivity contribution >= 4 is 39.1 Å². The summed E-state index contributed by atoms with van der Waals surface area (Å²) in [6.07, 6.45) is 0.660. The van der Waals surface area contributed by atoms with E-state index in [1.54, 1.807) is 24.3 Å². The molecule has 3 aromatic carbocycles. The number of carbonyl (C=O) groups is 1. The maximum atomic E-state index is 13.2. The van der Waals surface area contributed by atoms with E-state index in [0.29, 0.717) is 23.0 Å². The highest BCUT2D eigenvalue weighted by Gasteiger charge is 2.27. The molecule has 31 heavy (non-hydrogen) atoms. The van der Waals surface area contributed by atoms with E-state index in [-0.39, 0.29) is 23.9 Å². The second kappa shape index (κ2) is 10.8. The number of amides is 1. The first-order valence-corrected chi connectivity index (χ1v) is 11.8. The molecular weight excluding hydrogens is 455 g/mol. The van der Waals surface area contributed by atoms with Crippen LogP contribution in [0, 0.1) is 0 Å². The van der Waals surface area contributed by atoms with Gasteiger partial charge in [0.25, 0.3) is 0 Å². The van der Waals surface area contributed by atoms with E-state index in [4.69, 9.17) is 23.2 Å². The number of nitrogens with one attached hydrogen (secondary N) is 1. The van der Waals surface area contributed by atoms with Crippen LogP contribution in [0.15, 0.2) is 83.8 Å². The molecule has 0 spiro atoms. The van der Waals surface area contributed by atoms with Crippen molar-refractivity contribution in [1.82, 2.24) is 9.62 Å². The first-order chi connectivity index (χ1) is 14.8. The highest BCUT2D eigenvalue weighted by atomic mass is 35.5. The lowest BCUT2D eigenvalue weighted by molar-refractivity contribution is -0.121. The molecule has 0 aliphatic rings. The molecule has 0 saturated heterocycles. The van der Waals surface area contributed by atoms with Gasteiger partial charge in [-0.25, -0.2) is 8.42 Å². The Morgan fingerprint density at radius 3 is 2.00 bits per heavy atom. The Hall–Kier alpha value is -2.38.